The van der Waals surface area contributed by atoms with Gasteiger partial charge in [-0.15, -0.1) is 0 Å². The van der Waals surface area contributed by atoms with Crippen molar-refractivity contribution >= 4 is 6.29 Å². The summed E-state index contributed by atoms with van der Waals surface area (Å²) in [4.78, 5) is 11.3. The van der Waals surface area contributed by atoms with Gasteiger partial charge >= 0.3 is 0 Å². The molecule has 1 aromatic carbocycles. The SMILES string of the molecule is O=CC1(C(O)c2ccccc2)CCCCC1. The molecule has 0 heterocycles. The number of hydrogen-bond donors (Lipinski definition) is 1. The molecule has 0 saturated heterocycles. The predicted molar refractivity (Wildman–Crippen MR) is 63.0 cm³/mol. The lowest BCUT2D eigenvalue weighted by atomic mass is 9.69. The van der Waals surface area contributed by atoms with Crippen LogP contribution in [0.3, 0.4) is 0 Å². The quantitative estimate of drug-likeness (QED) is 0.792. The van der Waals surface area contributed by atoms with Gasteiger partial charge in [0.1, 0.15) is 6.29 Å². The van der Waals surface area contributed by atoms with Crippen LogP contribution >= 0.6 is 0 Å². The Balaban J connectivity index is 2.24. The predicted octanol–water partition coefficient (Wildman–Crippen LogP) is 2.87. The second-order valence-electron chi connectivity index (χ2n) is 4.72. The first-order valence-corrected chi connectivity index (χ1v) is 5.98. The number of benzene rings is 1. The first-order chi connectivity index (χ1) is 7.78. The van der Waals surface area contributed by atoms with E-state index in [1.54, 1.807) is 0 Å². The number of aldehydes is 1. The van der Waals surface area contributed by atoms with Crippen LogP contribution in [0.5, 0.6) is 0 Å². The van der Waals surface area contributed by atoms with Crippen molar-refractivity contribution in [2.45, 2.75) is 38.2 Å². The van der Waals surface area contributed by atoms with Gasteiger partial charge in [-0.05, 0) is 18.4 Å². The average Bonchev–Trinajstić information content (AvgIpc) is 2.39. The van der Waals surface area contributed by atoms with Crippen LogP contribution in [0, 0.1) is 5.41 Å². The molecule has 1 fully saturated rings. The van der Waals surface area contributed by atoms with Crippen molar-refractivity contribution in [1.29, 1.82) is 0 Å². The van der Waals surface area contributed by atoms with E-state index in [0.717, 1.165) is 37.5 Å². The maximum absolute atomic E-state index is 11.3. The molecule has 0 spiro atoms. The van der Waals surface area contributed by atoms with Gasteiger partial charge in [-0.3, -0.25) is 0 Å². The number of rotatable bonds is 3. The lowest BCUT2D eigenvalue weighted by Crippen LogP contribution is -2.33. The molecule has 1 aliphatic carbocycles. The van der Waals surface area contributed by atoms with Crippen molar-refractivity contribution in [3.63, 3.8) is 0 Å². The zero-order valence-corrected chi connectivity index (χ0v) is 9.43. The minimum absolute atomic E-state index is 0.542. The first-order valence-electron chi connectivity index (χ1n) is 5.98. The molecule has 2 nitrogen and oxygen atoms in total. The molecule has 1 aliphatic rings. The highest BCUT2D eigenvalue weighted by molar-refractivity contribution is 5.61. The van der Waals surface area contributed by atoms with E-state index >= 15 is 0 Å². The molecule has 1 atom stereocenters. The van der Waals surface area contributed by atoms with Gasteiger partial charge in [0, 0.05) is 0 Å². The Bertz CT molecular complexity index is 339. The van der Waals surface area contributed by atoms with Gasteiger partial charge in [-0.2, -0.15) is 0 Å². The summed E-state index contributed by atoms with van der Waals surface area (Å²) in [5.74, 6) is 0. The average molecular weight is 218 g/mol. The second kappa shape index (κ2) is 4.79. The summed E-state index contributed by atoms with van der Waals surface area (Å²) in [6.07, 6.45) is 5.22. The summed E-state index contributed by atoms with van der Waals surface area (Å²) in [6.45, 7) is 0. The first kappa shape index (κ1) is 11.3. The molecule has 16 heavy (non-hydrogen) atoms. The zero-order valence-electron chi connectivity index (χ0n) is 9.43. The van der Waals surface area contributed by atoms with Crippen LogP contribution in [0.4, 0.5) is 0 Å². The molecule has 1 aromatic rings. The van der Waals surface area contributed by atoms with Crippen LogP contribution in [-0.2, 0) is 4.79 Å². The fourth-order valence-corrected chi connectivity index (χ4v) is 2.63. The molecule has 2 heteroatoms. The molecule has 0 radical (unpaired) electrons. The van der Waals surface area contributed by atoms with Crippen molar-refractivity contribution in [1.82, 2.24) is 0 Å². The Morgan fingerprint density at radius 2 is 1.75 bits per heavy atom. The van der Waals surface area contributed by atoms with Crippen LogP contribution in [0.1, 0.15) is 43.8 Å². The fraction of sp³-hybridized carbons (Fsp3) is 0.500. The highest BCUT2D eigenvalue weighted by Crippen LogP contribution is 2.44. The fourth-order valence-electron chi connectivity index (χ4n) is 2.63. The zero-order chi connectivity index (χ0) is 11.4. The van der Waals surface area contributed by atoms with Gasteiger partial charge in [-0.25, -0.2) is 0 Å². The van der Waals surface area contributed by atoms with E-state index in [9.17, 15) is 9.90 Å². The van der Waals surface area contributed by atoms with Crippen molar-refractivity contribution < 1.29 is 9.90 Å². The summed E-state index contributed by atoms with van der Waals surface area (Å²) in [6, 6.07) is 9.51. The molecule has 0 amide bonds. The number of carbonyl (C=O) groups is 1. The second-order valence-corrected chi connectivity index (χ2v) is 4.72. The molecular formula is C14H18O2. The third-order valence-electron chi connectivity index (χ3n) is 3.68. The van der Waals surface area contributed by atoms with E-state index in [-0.39, 0.29) is 0 Å². The van der Waals surface area contributed by atoms with Crippen LogP contribution < -0.4 is 0 Å². The molecule has 0 aliphatic heterocycles. The number of hydrogen-bond acceptors (Lipinski definition) is 2. The Labute approximate surface area is 96.3 Å². The van der Waals surface area contributed by atoms with E-state index in [1.807, 2.05) is 30.3 Å². The lowest BCUT2D eigenvalue weighted by molar-refractivity contribution is -0.126. The van der Waals surface area contributed by atoms with Gasteiger partial charge in [-0.1, -0.05) is 49.6 Å². The van der Waals surface area contributed by atoms with Crippen molar-refractivity contribution in [2.24, 2.45) is 5.41 Å². The lowest BCUT2D eigenvalue weighted by Gasteiger charge is -2.36. The van der Waals surface area contributed by atoms with E-state index in [4.69, 9.17) is 0 Å². The Morgan fingerprint density at radius 1 is 1.12 bits per heavy atom. The highest BCUT2D eigenvalue weighted by Gasteiger charge is 2.39. The molecule has 1 N–H and O–H groups in total. The smallest absolute Gasteiger partial charge is 0.129 e. The Hall–Kier alpha value is -1.15. The third-order valence-corrected chi connectivity index (χ3v) is 3.68. The van der Waals surface area contributed by atoms with Gasteiger partial charge < -0.3 is 9.90 Å². The van der Waals surface area contributed by atoms with Crippen LogP contribution in [0.15, 0.2) is 30.3 Å². The summed E-state index contributed by atoms with van der Waals surface area (Å²) in [5, 5.41) is 10.4. The van der Waals surface area contributed by atoms with E-state index in [2.05, 4.69) is 0 Å². The monoisotopic (exact) mass is 218 g/mol. The van der Waals surface area contributed by atoms with E-state index in [0.29, 0.717) is 0 Å². The molecule has 0 aromatic heterocycles. The Morgan fingerprint density at radius 3 is 2.31 bits per heavy atom. The van der Waals surface area contributed by atoms with Gasteiger partial charge in [0.05, 0.1) is 11.5 Å². The van der Waals surface area contributed by atoms with E-state index < -0.39 is 11.5 Å². The van der Waals surface area contributed by atoms with Gasteiger partial charge in [0.25, 0.3) is 0 Å². The number of aliphatic hydroxyl groups excluding tert-OH is 1. The summed E-state index contributed by atoms with van der Waals surface area (Å²) in [7, 11) is 0. The van der Waals surface area contributed by atoms with Gasteiger partial charge in [0.15, 0.2) is 0 Å². The summed E-state index contributed by atoms with van der Waals surface area (Å²) < 4.78 is 0. The minimum Gasteiger partial charge on any atom is -0.387 e. The molecule has 1 unspecified atom stereocenters. The number of aliphatic hydroxyl groups is 1. The normalized spacial score (nSPS) is 21.3. The summed E-state index contributed by atoms with van der Waals surface area (Å²) >= 11 is 0. The molecular weight excluding hydrogens is 200 g/mol. The highest BCUT2D eigenvalue weighted by atomic mass is 16.3. The summed E-state index contributed by atoms with van der Waals surface area (Å²) in [5.41, 5.74) is 0.316. The maximum Gasteiger partial charge on any atom is 0.129 e. The standard InChI is InChI=1S/C14H18O2/c15-11-14(9-5-2-6-10-14)13(16)12-7-3-1-4-8-12/h1,3-4,7-8,11,13,16H,2,5-6,9-10H2. The number of carbonyl (C=O) groups excluding carboxylic acids is 1. The minimum atomic E-state index is -0.647. The van der Waals surface area contributed by atoms with Crippen molar-refractivity contribution in [3.8, 4) is 0 Å². The van der Waals surface area contributed by atoms with Crippen LogP contribution in [-0.4, -0.2) is 11.4 Å². The molecule has 86 valence electrons. The van der Waals surface area contributed by atoms with Crippen LogP contribution in [0.2, 0.25) is 0 Å². The maximum atomic E-state index is 11.3. The van der Waals surface area contributed by atoms with Crippen molar-refractivity contribution in [3.05, 3.63) is 35.9 Å². The molecule has 1 saturated carbocycles. The van der Waals surface area contributed by atoms with Crippen molar-refractivity contribution in [2.75, 3.05) is 0 Å². The van der Waals surface area contributed by atoms with Gasteiger partial charge in [0.2, 0.25) is 0 Å². The van der Waals surface area contributed by atoms with Crippen LogP contribution in [0.25, 0.3) is 0 Å². The van der Waals surface area contributed by atoms with E-state index in [1.165, 1.54) is 6.42 Å². The largest absolute Gasteiger partial charge is 0.387 e. The topological polar surface area (TPSA) is 37.3 Å². The Kier molecular flexibility index (Phi) is 3.39. The third kappa shape index (κ3) is 2.03. The molecule has 2 rings (SSSR count). The molecule has 0 bridgehead atoms.